The third-order valence-electron chi connectivity index (χ3n) is 2.88. The first-order valence-electron chi connectivity index (χ1n) is 5.63. The minimum absolute atomic E-state index is 0.232. The maximum absolute atomic E-state index is 11.7. The maximum Gasteiger partial charge on any atom is 0.330 e. The summed E-state index contributed by atoms with van der Waals surface area (Å²) >= 11 is 3.05. The normalized spacial score (nSPS) is 27.2. The Bertz CT molecular complexity index is 593. The zero-order chi connectivity index (χ0) is 14.0. The Morgan fingerprint density at radius 3 is 2.89 bits per heavy atom. The molecule has 104 valence electrons. The molecule has 8 heteroatoms. The van der Waals surface area contributed by atoms with Crippen LogP contribution in [0.5, 0.6) is 0 Å². The van der Waals surface area contributed by atoms with Gasteiger partial charge in [-0.3, -0.25) is 14.3 Å². The molecule has 0 radical (unpaired) electrons. The molecule has 3 N–H and O–H groups in total. The highest BCUT2D eigenvalue weighted by molar-refractivity contribution is 9.11. The number of hydrogen-bond acceptors (Lipinski definition) is 5. The van der Waals surface area contributed by atoms with E-state index in [0.717, 1.165) is 4.57 Å². The van der Waals surface area contributed by atoms with Gasteiger partial charge in [-0.15, -0.1) is 0 Å². The number of nitrogens with one attached hydrogen (secondary N) is 1. The summed E-state index contributed by atoms with van der Waals surface area (Å²) < 4.78 is 6.48. The van der Waals surface area contributed by atoms with E-state index in [2.05, 4.69) is 20.9 Å². The molecule has 1 aromatic rings. The van der Waals surface area contributed by atoms with Gasteiger partial charge >= 0.3 is 5.69 Å². The molecular weight excluding hydrogens is 320 g/mol. The Kier molecular flexibility index (Phi) is 4.35. The molecule has 0 aliphatic carbocycles. The highest BCUT2D eigenvalue weighted by Gasteiger charge is 2.35. The molecule has 3 atom stereocenters. The van der Waals surface area contributed by atoms with Crippen LogP contribution in [0.3, 0.4) is 0 Å². The van der Waals surface area contributed by atoms with Crippen molar-refractivity contribution in [1.29, 1.82) is 0 Å². The molecular formula is C11H13BrN2O5. The van der Waals surface area contributed by atoms with Crippen LogP contribution >= 0.6 is 15.9 Å². The zero-order valence-electron chi connectivity index (χ0n) is 9.82. The van der Waals surface area contributed by atoms with Gasteiger partial charge in [0.1, 0.15) is 6.10 Å². The average molecular weight is 333 g/mol. The van der Waals surface area contributed by atoms with E-state index in [1.165, 1.54) is 17.3 Å². The molecule has 0 aromatic carbocycles. The molecule has 0 saturated carbocycles. The van der Waals surface area contributed by atoms with Gasteiger partial charge in [0.15, 0.2) is 6.23 Å². The Hall–Kier alpha value is -1.22. The van der Waals surface area contributed by atoms with Gasteiger partial charge in [-0.05, 0) is 11.1 Å². The predicted octanol–water partition coefficient (Wildman–Crippen LogP) is -0.457. The van der Waals surface area contributed by atoms with Crippen molar-refractivity contribution in [3.8, 4) is 0 Å². The third kappa shape index (κ3) is 2.86. The highest BCUT2D eigenvalue weighted by atomic mass is 79.9. The lowest BCUT2D eigenvalue weighted by atomic mass is 10.2. The summed E-state index contributed by atoms with van der Waals surface area (Å²) in [5.74, 6) is 0. The first kappa shape index (κ1) is 14.2. The molecule has 0 unspecified atom stereocenters. The number of nitrogens with zero attached hydrogens (tertiary/aromatic N) is 1. The van der Waals surface area contributed by atoms with E-state index in [1.54, 1.807) is 0 Å². The maximum atomic E-state index is 11.7. The molecule has 1 aliphatic rings. The second-order valence-electron chi connectivity index (χ2n) is 4.18. The largest absolute Gasteiger partial charge is 0.394 e. The van der Waals surface area contributed by atoms with Gasteiger partial charge in [-0.1, -0.05) is 15.9 Å². The first-order valence-corrected chi connectivity index (χ1v) is 6.55. The monoisotopic (exact) mass is 332 g/mol. The fourth-order valence-corrected chi connectivity index (χ4v) is 2.26. The summed E-state index contributed by atoms with van der Waals surface area (Å²) in [4.78, 5) is 26.9. The summed E-state index contributed by atoms with van der Waals surface area (Å²) in [6.45, 7) is -0.236. The smallest absolute Gasteiger partial charge is 0.330 e. The van der Waals surface area contributed by atoms with Gasteiger partial charge in [0.05, 0.1) is 18.3 Å². The van der Waals surface area contributed by atoms with Crippen LogP contribution in [0.2, 0.25) is 0 Å². The molecule has 1 aromatic heterocycles. The highest BCUT2D eigenvalue weighted by Crippen LogP contribution is 2.27. The van der Waals surface area contributed by atoms with Crippen molar-refractivity contribution in [2.45, 2.75) is 24.9 Å². The standard InChI is InChI=1S/C11H13BrN2O5/c12-2-1-6-4-14(11(18)13-9(6)17)10-8(16)3-7(5-15)19-10/h1-2,4,7-8,10,15-16H,3,5H2,(H,13,17,18)/t7-,8+,10+/m0/s1. The van der Waals surface area contributed by atoms with Crippen LogP contribution in [0.15, 0.2) is 20.8 Å². The quantitative estimate of drug-likeness (QED) is 0.695. The molecule has 19 heavy (non-hydrogen) atoms. The van der Waals surface area contributed by atoms with Crippen molar-refractivity contribution in [1.82, 2.24) is 9.55 Å². The van der Waals surface area contributed by atoms with Crippen LogP contribution < -0.4 is 11.2 Å². The van der Waals surface area contributed by atoms with Gasteiger partial charge in [-0.2, -0.15) is 0 Å². The van der Waals surface area contributed by atoms with Gasteiger partial charge in [0.25, 0.3) is 5.56 Å². The van der Waals surface area contributed by atoms with Gasteiger partial charge in [0, 0.05) is 12.6 Å². The zero-order valence-corrected chi connectivity index (χ0v) is 11.4. The van der Waals surface area contributed by atoms with Gasteiger partial charge in [-0.25, -0.2) is 4.79 Å². The number of hydrogen-bond donors (Lipinski definition) is 3. The molecule has 2 heterocycles. The van der Waals surface area contributed by atoms with E-state index in [1.807, 2.05) is 0 Å². The summed E-state index contributed by atoms with van der Waals surface area (Å²) in [5.41, 5.74) is -0.942. The number of halogens is 1. The predicted molar refractivity (Wildman–Crippen MR) is 70.9 cm³/mol. The SMILES string of the molecule is O=c1[nH]c(=O)n([C@@H]2O[C@H](CO)C[C@H]2O)cc1C=CBr. The van der Waals surface area contributed by atoms with E-state index < -0.39 is 29.7 Å². The molecule has 0 amide bonds. The van der Waals surface area contributed by atoms with Crippen molar-refractivity contribution in [2.75, 3.05) is 6.61 Å². The lowest BCUT2D eigenvalue weighted by Crippen LogP contribution is -2.36. The molecule has 1 saturated heterocycles. The van der Waals surface area contributed by atoms with Crippen molar-refractivity contribution < 1.29 is 14.9 Å². The van der Waals surface area contributed by atoms with E-state index in [-0.39, 0.29) is 18.6 Å². The lowest BCUT2D eigenvalue weighted by Gasteiger charge is -2.17. The van der Waals surface area contributed by atoms with E-state index in [9.17, 15) is 14.7 Å². The van der Waals surface area contributed by atoms with Crippen LogP contribution in [0.25, 0.3) is 6.08 Å². The number of aromatic amines is 1. The van der Waals surface area contributed by atoms with Crippen LogP contribution in [0.1, 0.15) is 18.2 Å². The Morgan fingerprint density at radius 2 is 2.32 bits per heavy atom. The van der Waals surface area contributed by atoms with Crippen molar-refractivity contribution in [2.24, 2.45) is 0 Å². The molecule has 2 rings (SSSR count). The molecule has 0 bridgehead atoms. The van der Waals surface area contributed by atoms with Crippen molar-refractivity contribution in [3.63, 3.8) is 0 Å². The number of rotatable bonds is 3. The molecule has 1 aliphatic heterocycles. The van der Waals surface area contributed by atoms with E-state index in [0.29, 0.717) is 0 Å². The molecule has 1 fully saturated rings. The van der Waals surface area contributed by atoms with Gasteiger partial charge in [0.2, 0.25) is 0 Å². The van der Waals surface area contributed by atoms with E-state index in [4.69, 9.17) is 9.84 Å². The summed E-state index contributed by atoms with van der Waals surface area (Å²) in [6, 6.07) is 0. The van der Waals surface area contributed by atoms with Crippen LogP contribution in [0, 0.1) is 0 Å². The van der Waals surface area contributed by atoms with Crippen molar-refractivity contribution in [3.05, 3.63) is 37.6 Å². The number of aliphatic hydroxyl groups excluding tert-OH is 2. The topological polar surface area (TPSA) is 105 Å². The Labute approximate surface area is 116 Å². The average Bonchev–Trinajstić information content (AvgIpc) is 2.74. The number of aliphatic hydroxyl groups is 2. The van der Waals surface area contributed by atoms with Crippen LogP contribution in [-0.2, 0) is 4.74 Å². The van der Waals surface area contributed by atoms with Gasteiger partial charge < -0.3 is 14.9 Å². The number of aromatic nitrogens is 2. The van der Waals surface area contributed by atoms with Crippen LogP contribution in [0.4, 0.5) is 0 Å². The fourth-order valence-electron chi connectivity index (χ4n) is 1.97. The number of ether oxygens (including phenoxy) is 1. The Balaban J connectivity index is 2.42. The summed E-state index contributed by atoms with van der Waals surface area (Å²) in [7, 11) is 0. The minimum Gasteiger partial charge on any atom is -0.394 e. The molecule has 7 nitrogen and oxygen atoms in total. The van der Waals surface area contributed by atoms with Crippen LogP contribution in [-0.4, -0.2) is 38.6 Å². The summed E-state index contributed by atoms with van der Waals surface area (Å²) in [6.07, 6.45) is 0.669. The van der Waals surface area contributed by atoms with Crippen molar-refractivity contribution >= 4 is 22.0 Å². The minimum atomic E-state index is -0.915. The fraction of sp³-hybridized carbons (Fsp3) is 0.455. The second-order valence-corrected chi connectivity index (χ2v) is 4.71. The Morgan fingerprint density at radius 1 is 1.58 bits per heavy atom. The summed E-state index contributed by atoms with van der Waals surface area (Å²) in [5, 5.41) is 18.8. The second kappa shape index (κ2) is 5.83. The lowest BCUT2D eigenvalue weighted by molar-refractivity contribution is -0.0530. The third-order valence-corrected chi connectivity index (χ3v) is 3.15. The van der Waals surface area contributed by atoms with E-state index >= 15 is 0 Å². The molecule has 0 spiro atoms. The number of H-pyrrole nitrogens is 1. The first-order chi connectivity index (χ1) is 9.06.